The molecule has 2 heterocycles. The molecule has 1 N–H and O–H groups in total. The van der Waals surface area contributed by atoms with Crippen LogP contribution >= 0.6 is 0 Å². The Morgan fingerprint density at radius 3 is 2.44 bits per heavy atom. The molecule has 1 aromatic heterocycles. The van der Waals surface area contributed by atoms with E-state index in [1.807, 2.05) is 37.3 Å². The number of aromatic nitrogens is 1. The number of carbonyl (C=O) groups excluding carboxylic acids is 1. The predicted molar refractivity (Wildman–Crippen MR) is 107 cm³/mol. The second-order valence-electron chi connectivity index (χ2n) is 6.63. The molecule has 1 saturated heterocycles. The molecule has 0 unspecified atom stereocenters. The Labute approximate surface area is 159 Å². The van der Waals surface area contributed by atoms with Gasteiger partial charge in [-0.15, -0.1) is 0 Å². The van der Waals surface area contributed by atoms with Crippen LogP contribution in [0.15, 0.2) is 30.3 Å². The Morgan fingerprint density at radius 2 is 1.81 bits per heavy atom. The number of pyridine rings is 1. The molecule has 0 atom stereocenters. The van der Waals surface area contributed by atoms with Crippen LogP contribution < -0.4 is 15.0 Å². The number of carbonyl (C=O) groups is 1. The summed E-state index contributed by atoms with van der Waals surface area (Å²) in [5.74, 6) is 1.21. The molecule has 1 aliphatic heterocycles. The third-order valence-corrected chi connectivity index (χ3v) is 4.84. The molecule has 1 amide bonds. The number of anilines is 2. The lowest BCUT2D eigenvalue weighted by molar-refractivity contribution is 0.186. The minimum absolute atomic E-state index is 0.370. The van der Waals surface area contributed by atoms with Crippen LogP contribution in [-0.4, -0.2) is 63.4 Å². The normalized spacial score (nSPS) is 14.7. The lowest BCUT2D eigenvalue weighted by atomic mass is 9.99. The molecule has 1 aliphatic rings. The zero-order chi connectivity index (χ0) is 19.4. The molecule has 7 heteroatoms. The molecule has 7 nitrogen and oxygen atoms in total. The van der Waals surface area contributed by atoms with Gasteiger partial charge in [-0.3, -0.25) is 5.32 Å². The number of benzene rings is 1. The number of ether oxygens (including phenoxy) is 2. The molecule has 144 valence electrons. The highest BCUT2D eigenvalue weighted by atomic mass is 16.5. The Balaban J connectivity index is 2.12. The maximum absolute atomic E-state index is 11.9. The zero-order valence-corrected chi connectivity index (χ0v) is 16.3. The van der Waals surface area contributed by atoms with Gasteiger partial charge in [0.25, 0.3) is 0 Å². The quantitative estimate of drug-likeness (QED) is 0.892. The van der Waals surface area contributed by atoms with Crippen LogP contribution in [0.4, 0.5) is 16.3 Å². The fraction of sp³-hybridized carbons (Fsp3) is 0.400. The van der Waals surface area contributed by atoms with Crippen LogP contribution in [0.25, 0.3) is 11.1 Å². The first-order valence-corrected chi connectivity index (χ1v) is 8.97. The number of hydrogen-bond donors (Lipinski definition) is 1. The monoisotopic (exact) mass is 370 g/mol. The summed E-state index contributed by atoms with van der Waals surface area (Å²) in [6.07, 6.45) is -0.558. The van der Waals surface area contributed by atoms with Crippen molar-refractivity contribution in [1.29, 1.82) is 0 Å². The van der Waals surface area contributed by atoms with Crippen molar-refractivity contribution in [2.45, 2.75) is 6.92 Å². The third-order valence-electron chi connectivity index (χ3n) is 4.84. The van der Waals surface area contributed by atoms with Gasteiger partial charge >= 0.3 is 6.09 Å². The van der Waals surface area contributed by atoms with Gasteiger partial charge in [0.1, 0.15) is 11.5 Å². The van der Waals surface area contributed by atoms with Gasteiger partial charge in [0.05, 0.1) is 14.2 Å². The topological polar surface area (TPSA) is 66.9 Å². The SMILES string of the molecule is COC(=O)Nc1c(-c2ccccc2C)cc(N2CCN(C)CC2)nc1OC. The van der Waals surface area contributed by atoms with Crippen LogP contribution in [0.3, 0.4) is 0 Å². The van der Waals surface area contributed by atoms with Gasteiger partial charge in [0.2, 0.25) is 5.88 Å². The van der Waals surface area contributed by atoms with Crippen molar-refractivity contribution in [2.24, 2.45) is 0 Å². The minimum atomic E-state index is -0.558. The maximum atomic E-state index is 11.9. The van der Waals surface area contributed by atoms with E-state index in [1.54, 1.807) is 7.11 Å². The lowest BCUT2D eigenvalue weighted by Crippen LogP contribution is -2.44. The molecule has 0 spiro atoms. The molecule has 3 rings (SSSR count). The summed E-state index contributed by atoms with van der Waals surface area (Å²) in [6, 6.07) is 10.1. The van der Waals surface area contributed by atoms with Crippen LogP contribution in [-0.2, 0) is 4.74 Å². The van der Waals surface area contributed by atoms with E-state index in [0.29, 0.717) is 11.6 Å². The Hall–Kier alpha value is -2.80. The lowest BCUT2D eigenvalue weighted by Gasteiger charge is -2.33. The van der Waals surface area contributed by atoms with Crippen molar-refractivity contribution in [3.05, 3.63) is 35.9 Å². The average Bonchev–Trinajstić information content (AvgIpc) is 2.69. The summed E-state index contributed by atoms with van der Waals surface area (Å²) in [4.78, 5) is 21.1. The van der Waals surface area contributed by atoms with Gasteiger partial charge in [-0.1, -0.05) is 24.3 Å². The van der Waals surface area contributed by atoms with E-state index < -0.39 is 6.09 Å². The van der Waals surface area contributed by atoms with Gasteiger partial charge in [-0.2, -0.15) is 4.98 Å². The fourth-order valence-electron chi connectivity index (χ4n) is 3.22. The highest BCUT2D eigenvalue weighted by Gasteiger charge is 2.22. The van der Waals surface area contributed by atoms with E-state index in [9.17, 15) is 4.79 Å². The molecule has 0 aliphatic carbocycles. The van der Waals surface area contributed by atoms with E-state index in [0.717, 1.165) is 48.7 Å². The predicted octanol–water partition coefficient (Wildman–Crippen LogP) is 3.00. The summed E-state index contributed by atoms with van der Waals surface area (Å²) >= 11 is 0. The third kappa shape index (κ3) is 4.14. The van der Waals surface area contributed by atoms with Crippen LogP contribution in [0.2, 0.25) is 0 Å². The molecule has 27 heavy (non-hydrogen) atoms. The van der Waals surface area contributed by atoms with Gasteiger partial charge in [0.15, 0.2) is 0 Å². The van der Waals surface area contributed by atoms with Gasteiger partial charge < -0.3 is 19.3 Å². The van der Waals surface area contributed by atoms with E-state index in [2.05, 4.69) is 27.1 Å². The average molecular weight is 370 g/mol. The summed E-state index contributed by atoms with van der Waals surface area (Å²) in [6.45, 7) is 5.78. The smallest absolute Gasteiger partial charge is 0.411 e. The van der Waals surface area contributed by atoms with Crippen molar-refractivity contribution in [2.75, 3.05) is 57.7 Å². The Morgan fingerprint density at radius 1 is 1.11 bits per heavy atom. The number of methoxy groups -OCH3 is 2. The second-order valence-corrected chi connectivity index (χ2v) is 6.63. The van der Waals surface area contributed by atoms with E-state index in [-0.39, 0.29) is 0 Å². The van der Waals surface area contributed by atoms with Crippen molar-refractivity contribution >= 4 is 17.6 Å². The number of hydrogen-bond acceptors (Lipinski definition) is 6. The first-order valence-electron chi connectivity index (χ1n) is 8.97. The fourth-order valence-corrected chi connectivity index (χ4v) is 3.22. The molecule has 2 aromatic rings. The number of rotatable bonds is 4. The van der Waals surface area contributed by atoms with Gasteiger partial charge in [0, 0.05) is 31.7 Å². The van der Waals surface area contributed by atoms with Crippen LogP contribution in [0.1, 0.15) is 5.56 Å². The van der Waals surface area contributed by atoms with E-state index in [1.165, 1.54) is 7.11 Å². The van der Waals surface area contributed by atoms with E-state index in [4.69, 9.17) is 9.47 Å². The maximum Gasteiger partial charge on any atom is 0.411 e. The van der Waals surface area contributed by atoms with Crippen molar-refractivity contribution in [1.82, 2.24) is 9.88 Å². The Kier molecular flexibility index (Phi) is 5.81. The standard InChI is InChI=1S/C20H26N4O3/c1-14-7-5-6-8-15(14)16-13-17(24-11-9-23(2)10-12-24)21-19(26-3)18(16)22-20(25)27-4/h5-8,13H,9-12H2,1-4H3,(H,22,25). The molecule has 1 fully saturated rings. The highest BCUT2D eigenvalue weighted by Crippen LogP contribution is 2.39. The highest BCUT2D eigenvalue weighted by molar-refractivity contribution is 5.95. The number of nitrogens with one attached hydrogen (secondary N) is 1. The summed E-state index contributed by atoms with van der Waals surface area (Å²) < 4.78 is 10.3. The molecular formula is C20H26N4O3. The summed E-state index contributed by atoms with van der Waals surface area (Å²) in [5, 5.41) is 2.77. The zero-order valence-electron chi connectivity index (χ0n) is 16.3. The minimum Gasteiger partial charge on any atom is -0.479 e. The largest absolute Gasteiger partial charge is 0.479 e. The number of piperazine rings is 1. The number of amides is 1. The Bertz CT molecular complexity index is 817. The van der Waals surface area contributed by atoms with Crippen LogP contribution in [0, 0.1) is 6.92 Å². The molecule has 0 bridgehead atoms. The van der Waals surface area contributed by atoms with Gasteiger partial charge in [-0.25, -0.2) is 4.79 Å². The van der Waals surface area contributed by atoms with Crippen molar-refractivity contribution in [3.8, 4) is 17.0 Å². The molecule has 0 saturated carbocycles. The number of nitrogens with zero attached hydrogens (tertiary/aromatic N) is 3. The van der Waals surface area contributed by atoms with Crippen molar-refractivity contribution < 1.29 is 14.3 Å². The first-order chi connectivity index (χ1) is 13.0. The molecular weight excluding hydrogens is 344 g/mol. The molecule has 0 radical (unpaired) electrons. The summed E-state index contributed by atoms with van der Waals surface area (Å²) in [7, 11) is 5.01. The second kappa shape index (κ2) is 8.26. The van der Waals surface area contributed by atoms with Crippen LogP contribution in [0.5, 0.6) is 5.88 Å². The molecule has 1 aromatic carbocycles. The summed E-state index contributed by atoms with van der Waals surface area (Å²) in [5.41, 5.74) is 3.48. The number of aryl methyl sites for hydroxylation is 1. The first kappa shape index (κ1) is 19.0. The van der Waals surface area contributed by atoms with Gasteiger partial charge in [-0.05, 0) is 31.2 Å². The van der Waals surface area contributed by atoms with Crippen molar-refractivity contribution in [3.63, 3.8) is 0 Å². The number of likely N-dealkylation sites (N-methyl/N-ethyl adjacent to an activating group) is 1. The van der Waals surface area contributed by atoms with E-state index >= 15 is 0 Å².